The van der Waals surface area contributed by atoms with Gasteiger partial charge in [-0.15, -0.1) is 0 Å². The quantitative estimate of drug-likeness (QED) is 0.626. The van der Waals surface area contributed by atoms with Gasteiger partial charge in [0.15, 0.2) is 0 Å². The van der Waals surface area contributed by atoms with Crippen molar-refractivity contribution in [3.63, 3.8) is 0 Å². The van der Waals surface area contributed by atoms with Crippen molar-refractivity contribution >= 4 is 0 Å². The summed E-state index contributed by atoms with van der Waals surface area (Å²) in [6, 6.07) is 0. The van der Waals surface area contributed by atoms with Crippen molar-refractivity contribution in [3.8, 4) is 0 Å². The first-order chi connectivity index (χ1) is 9.45. The summed E-state index contributed by atoms with van der Waals surface area (Å²) in [5, 5.41) is 0. The van der Waals surface area contributed by atoms with E-state index in [9.17, 15) is 0 Å². The first-order valence-corrected chi connectivity index (χ1v) is 7.41. The van der Waals surface area contributed by atoms with Crippen LogP contribution in [0.4, 0.5) is 0 Å². The van der Waals surface area contributed by atoms with Gasteiger partial charge in [-0.2, -0.15) is 0 Å². The Balaban J connectivity index is 1.35. The number of ether oxygens (including phenoxy) is 5. The largest absolute Gasteiger partial charge is 0.381 e. The molecule has 2 atom stereocenters. The highest BCUT2D eigenvalue weighted by Crippen LogP contribution is 2.09. The Morgan fingerprint density at radius 3 is 1.68 bits per heavy atom. The molecule has 0 saturated carbocycles. The Hall–Kier alpha value is -0.200. The molecule has 2 rings (SSSR count). The highest BCUT2D eigenvalue weighted by atomic mass is 16.6. The standard InChI is InChI=1S/C14H26O5/c1(3-13-11-16-7-9-18-13)5-15-6-2-4-14-12-17-8-10-19-14/h13-14H,1-12H2. The second kappa shape index (κ2) is 9.66. The van der Waals surface area contributed by atoms with Crippen LogP contribution < -0.4 is 0 Å². The minimum absolute atomic E-state index is 0.269. The highest BCUT2D eigenvalue weighted by Gasteiger charge is 2.14. The van der Waals surface area contributed by atoms with E-state index >= 15 is 0 Å². The molecular weight excluding hydrogens is 248 g/mol. The SMILES string of the molecule is C(COCCCC1COCCO1)CC1COCCO1. The molecule has 2 fully saturated rings. The van der Waals surface area contributed by atoms with Crippen LogP contribution in [-0.4, -0.2) is 65.1 Å². The van der Waals surface area contributed by atoms with Gasteiger partial charge in [0, 0.05) is 13.2 Å². The monoisotopic (exact) mass is 274 g/mol. The van der Waals surface area contributed by atoms with Crippen LogP contribution in [0.2, 0.25) is 0 Å². The van der Waals surface area contributed by atoms with Gasteiger partial charge in [-0.05, 0) is 25.7 Å². The summed E-state index contributed by atoms with van der Waals surface area (Å²) in [6.07, 6.45) is 4.67. The van der Waals surface area contributed by atoms with E-state index < -0.39 is 0 Å². The Morgan fingerprint density at radius 1 is 0.737 bits per heavy atom. The Kier molecular flexibility index (Phi) is 7.73. The number of hydrogen-bond donors (Lipinski definition) is 0. The molecule has 0 spiro atoms. The lowest BCUT2D eigenvalue weighted by molar-refractivity contribution is -0.0946. The lowest BCUT2D eigenvalue weighted by Crippen LogP contribution is -2.29. The molecule has 0 amide bonds. The minimum atomic E-state index is 0.269. The van der Waals surface area contributed by atoms with Gasteiger partial charge in [0.2, 0.25) is 0 Å². The van der Waals surface area contributed by atoms with E-state index in [4.69, 9.17) is 23.7 Å². The van der Waals surface area contributed by atoms with Crippen molar-refractivity contribution in [2.75, 3.05) is 52.9 Å². The van der Waals surface area contributed by atoms with Crippen molar-refractivity contribution in [1.82, 2.24) is 0 Å². The van der Waals surface area contributed by atoms with Gasteiger partial charge in [0.25, 0.3) is 0 Å². The van der Waals surface area contributed by atoms with Gasteiger partial charge in [-0.25, -0.2) is 0 Å². The number of rotatable bonds is 8. The lowest BCUT2D eigenvalue weighted by atomic mass is 10.2. The third-order valence-corrected chi connectivity index (χ3v) is 3.40. The molecule has 0 N–H and O–H groups in total. The summed E-state index contributed by atoms with van der Waals surface area (Å²) < 4.78 is 27.5. The molecule has 2 aliphatic heterocycles. The second-order valence-corrected chi connectivity index (χ2v) is 5.03. The Labute approximate surface area is 115 Å². The van der Waals surface area contributed by atoms with E-state index in [1.165, 1.54) is 0 Å². The van der Waals surface area contributed by atoms with E-state index in [1.807, 2.05) is 0 Å². The first kappa shape index (κ1) is 15.2. The fraction of sp³-hybridized carbons (Fsp3) is 1.00. The Bertz CT molecular complexity index is 190. The molecule has 0 aliphatic carbocycles. The topological polar surface area (TPSA) is 46.2 Å². The van der Waals surface area contributed by atoms with E-state index in [1.54, 1.807) is 0 Å². The van der Waals surface area contributed by atoms with Gasteiger partial charge in [-0.1, -0.05) is 0 Å². The molecule has 0 aromatic carbocycles. The predicted molar refractivity (Wildman–Crippen MR) is 70.4 cm³/mol. The van der Waals surface area contributed by atoms with Gasteiger partial charge in [-0.3, -0.25) is 0 Å². The fourth-order valence-electron chi connectivity index (χ4n) is 2.33. The zero-order valence-electron chi connectivity index (χ0n) is 11.7. The maximum absolute atomic E-state index is 5.62. The average molecular weight is 274 g/mol. The average Bonchev–Trinajstić information content (AvgIpc) is 2.48. The fourth-order valence-corrected chi connectivity index (χ4v) is 2.33. The van der Waals surface area contributed by atoms with Crippen LogP contribution in [0.3, 0.4) is 0 Å². The number of hydrogen-bond acceptors (Lipinski definition) is 5. The van der Waals surface area contributed by atoms with Gasteiger partial charge in [0.1, 0.15) is 0 Å². The van der Waals surface area contributed by atoms with E-state index in [2.05, 4.69) is 0 Å². The van der Waals surface area contributed by atoms with Crippen LogP contribution in [0, 0.1) is 0 Å². The van der Waals surface area contributed by atoms with E-state index in [0.717, 1.165) is 78.5 Å². The van der Waals surface area contributed by atoms with Crippen LogP contribution in [0.15, 0.2) is 0 Å². The lowest BCUT2D eigenvalue weighted by Gasteiger charge is -2.23. The summed E-state index contributed by atoms with van der Waals surface area (Å²) in [4.78, 5) is 0. The van der Waals surface area contributed by atoms with Crippen LogP contribution in [0.25, 0.3) is 0 Å². The molecule has 2 aliphatic rings. The summed E-state index contributed by atoms with van der Waals surface area (Å²) in [7, 11) is 0. The third kappa shape index (κ3) is 6.68. The van der Waals surface area contributed by atoms with Crippen molar-refractivity contribution in [3.05, 3.63) is 0 Å². The maximum Gasteiger partial charge on any atom is 0.0810 e. The first-order valence-electron chi connectivity index (χ1n) is 7.41. The molecule has 0 aromatic heterocycles. The molecule has 0 bridgehead atoms. The molecule has 2 saturated heterocycles. The summed E-state index contributed by atoms with van der Waals surface area (Å²) in [5.41, 5.74) is 0. The van der Waals surface area contributed by atoms with Crippen molar-refractivity contribution in [2.45, 2.75) is 37.9 Å². The predicted octanol–water partition coefficient (Wildman–Crippen LogP) is 1.39. The van der Waals surface area contributed by atoms with Gasteiger partial charge < -0.3 is 23.7 Å². The molecule has 2 heterocycles. The smallest absolute Gasteiger partial charge is 0.0810 e. The van der Waals surface area contributed by atoms with Crippen LogP contribution in [0.5, 0.6) is 0 Å². The minimum Gasteiger partial charge on any atom is -0.381 e. The molecule has 5 heteroatoms. The molecule has 0 radical (unpaired) electrons. The molecule has 5 nitrogen and oxygen atoms in total. The van der Waals surface area contributed by atoms with E-state index in [-0.39, 0.29) is 12.2 Å². The molecule has 19 heavy (non-hydrogen) atoms. The molecule has 0 aromatic rings. The third-order valence-electron chi connectivity index (χ3n) is 3.40. The van der Waals surface area contributed by atoms with Crippen molar-refractivity contribution in [1.29, 1.82) is 0 Å². The zero-order valence-corrected chi connectivity index (χ0v) is 11.7. The summed E-state index contributed by atoms with van der Waals surface area (Å²) in [5.74, 6) is 0. The van der Waals surface area contributed by atoms with Crippen molar-refractivity contribution in [2.24, 2.45) is 0 Å². The normalized spacial score (nSPS) is 28.4. The maximum atomic E-state index is 5.62. The van der Waals surface area contributed by atoms with Crippen LogP contribution >= 0.6 is 0 Å². The second-order valence-electron chi connectivity index (χ2n) is 5.03. The van der Waals surface area contributed by atoms with Crippen LogP contribution in [-0.2, 0) is 23.7 Å². The highest BCUT2D eigenvalue weighted by molar-refractivity contribution is 4.62. The summed E-state index contributed by atoms with van der Waals surface area (Å²) in [6.45, 7) is 6.02. The van der Waals surface area contributed by atoms with E-state index in [0.29, 0.717) is 0 Å². The van der Waals surface area contributed by atoms with Crippen molar-refractivity contribution < 1.29 is 23.7 Å². The Morgan fingerprint density at radius 2 is 1.26 bits per heavy atom. The molecular formula is C14H26O5. The summed E-state index contributed by atoms with van der Waals surface area (Å²) >= 11 is 0. The van der Waals surface area contributed by atoms with Gasteiger partial charge >= 0.3 is 0 Å². The zero-order chi connectivity index (χ0) is 13.2. The molecule has 112 valence electrons. The van der Waals surface area contributed by atoms with Crippen LogP contribution in [0.1, 0.15) is 25.7 Å². The molecule has 2 unspecified atom stereocenters. The van der Waals surface area contributed by atoms with Gasteiger partial charge in [0.05, 0.1) is 51.8 Å².